The molecule has 0 saturated carbocycles. The SMILES string of the molecule is CCOC(=O)C1=C(C)OC(N)=C(C#N)C1c1ccccc1OCC(=O)NCC1CCCO1. The molecule has 1 fully saturated rings. The van der Waals surface area contributed by atoms with E-state index < -0.39 is 11.9 Å². The molecular formula is C23H27N3O6. The molecule has 1 aromatic rings. The van der Waals surface area contributed by atoms with Crippen molar-refractivity contribution in [2.75, 3.05) is 26.4 Å². The van der Waals surface area contributed by atoms with Crippen LogP contribution < -0.4 is 15.8 Å². The second-order valence-electron chi connectivity index (χ2n) is 7.38. The van der Waals surface area contributed by atoms with Crippen molar-refractivity contribution in [3.8, 4) is 11.8 Å². The average Bonchev–Trinajstić information content (AvgIpc) is 3.30. The van der Waals surface area contributed by atoms with Crippen LogP contribution in [0.1, 0.15) is 38.2 Å². The lowest BCUT2D eigenvalue weighted by atomic mass is 9.82. The molecule has 0 bridgehead atoms. The van der Waals surface area contributed by atoms with Crippen LogP contribution >= 0.6 is 0 Å². The smallest absolute Gasteiger partial charge is 0.338 e. The number of nitrogens with two attached hydrogens (primary N) is 1. The van der Waals surface area contributed by atoms with Crippen LogP contribution in [0.5, 0.6) is 5.75 Å². The maximum atomic E-state index is 12.7. The Labute approximate surface area is 186 Å². The van der Waals surface area contributed by atoms with Gasteiger partial charge in [-0.1, -0.05) is 18.2 Å². The van der Waals surface area contributed by atoms with Crippen molar-refractivity contribution in [3.63, 3.8) is 0 Å². The van der Waals surface area contributed by atoms with Gasteiger partial charge in [-0.25, -0.2) is 4.79 Å². The van der Waals surface area contributed by atoms with E-state index in [1.165, 1.54) is 0 Å². The van der Waals surface area contributed by atoms with Crippen molar-refractivity contribution in [2.45, 2.75) is 38.7 Å². The third kappa shape index (κ3) is 5.21. The van der Waals surface area contributed by atoms with Crippen LogP contribution in [-0.4, -0.2) is 44.3 Å². The highest BCUT2D eigenvalue weighted by Crippen LogP contribution is 2.42. The first-order valence-corrected chi connectivity index (χ1v) is 10.5. The van der Waals surface area contributed by atoms with Gasteiger partial charge in [0.1, 0.15) is 23.2 Å². The molecule has 0 spiro atoms. The van der Waals surface area contributed by atoms with Gasteiger partial charge in [-0.2, -0.15) is 5.26 Å². The van der Waals surface area contributed by atoms with Gasteiger partial charge in [-0.3, -0.25) is 4.79 Å². The van der Waals surface area contributed by atoms with Gasteiger partial charge in [0.15, 0.2) is 6.61 Å². The molecule has 2 aliphatic heterocycles. The molecule has 0 aromatic heterocycles. The molecule has 0 aliphatic carbocycles. The van der Waals surface area contributed by atoms with E-state index in [1.807, 2.05) is 6.07 Å². The maximum Gasteiger partial charge on any atom is 0.338 e. The largest absolute Gasteiger partial charge is 0.483 e. The number of carbonyl (C=O) groups excluding carboxylic acids is 2. The van der Waals surface area contributed by atoms with Gasteiger partial charge in [0.2, 0.25) is 5.88 Å². The number of nitrogens with zero attached hydrogens (tertiary/aromatic N) is 1. The number of hydrogen-bond acceptors (Lipinski definition) is 8. The molecule has 170 valence electrons. The molecule has 0 radical (unpaired) electrons. The van der Waals surface area contributed by atoms with E-state index >= 15 is 0 Å². The molecular weight excluding hydrogens is 414 g/mol. The Bertz CT molecular complexity index is 972. The topological polar surface area (TPSA) is 133 Å². The Morgan fingerprint density at radius 1 is 1.34 bits per heavy atom. The lowest BCUT2D eigenvalue weighted by Crippen LogP contribution is -2.35. The summed E-state index contributed by atoms with van der Waals surface area (Å²) in [5.74, 6) is -1.25. The Kier molecular flexibility index (Phi) is 7.73. The van der Waals surface area contributed by atoms with Gasteiger partial charge in [-0.05, 0) is 32.8 Å². The van der Waals surface area contributed by atoms with Crippen molar-refractivity contribution in [2.24, 2.45) is 5.73 Å². The van der Waals surface area contributed by atoms with Crippen LogP contribution in [0.3, 0.4) is 0 Å². The van der Waals surface area contributed by atoms with E-state index in [1.54, 1.807) is 38.1 Å². The van der Waals surface area contributed by atoms with E-state index in [9.17, 15) is 14.9 Å². The molecule has 9 heteroatoms. The van der Waals surface area contributed by atoms with Crippen molar-refractivity contribution in [3.05, 3.63) is 52.6 Å². The summed E-state index contributed by atoms with van der Waals surface area (Å²) in [7, 11) is 0. The van der Waals surface area contributed by atoms with Crippen LogP contribution in [0, 0.1) is 11.3 Å². The number of amides is 1. The molecule has 1 saturated heterocycles. The quantitative estimate of drug-likeness (QED) is 0.585. The monoisotopic (exact) mass is 441 g/mol. The van der Waals surface area contributed by atoms with Gasteiger partial charge in [-0.15, -0.1) is 0 Å². The van der Waals surface area contributed by atoms with E-state index in [0.717, 1.165) is 12.8 Å². The predicted octanol–water partition coefficient (Wildman–Crippen LogP) is 2.01. The first-order chi connectivity index (χ1) is 15.5. The maximum absolute atomic E-state index is 12.7. The summed E-state index contributed by atoms with van der Waals surface area (Å²) >= 11 is 0. The van der Waals surface area contributed by atoms with Gasteiger partial charge in [0.25, 0.3) is 5.91 Å². The minimum absolute atomic E-state index is 0.0278. The molecule has 3 N–H and O–H groups in total. The molecule has 9 nitrogen and oxygen atoms in total. The van der Waals surface area contributed by atoms with Crippen molar-refractivity contribution < 1.29 is 28.5 Å². The number of nitriles is 1. The highest BCUT2D eigenvalue weighted by molar-refractivity contribution is 5.92. The average molecular weight is 441 g/mol. The fraction of sp³-hybridized carbons (Fsp3) is 0.435. The Morgan fingerprint density at radius 3 is 2.81 bits per heavy atom. The van der Waals surface area contributed by atoms with Gasteiger partial charge < -0.3 is 30.0 Å². The summed E-state index contributed by atoms with van der Waals surface area (Å²) in [4.78, 5) is 25.0. The third-order valence-corrected chi connectivity index (χ3v) is 5.24. The van der Waals surface area contributed by atoms with E-state index in [2.05, 4.69) is 5.32 Å². The molecule has 3 rings (SSSR count). The normalized spacial score (nSPS) is 20.4. The fourth-order valence-electron chi connectivity index (χ4n) is 3.74. The summed E-state index contributed by atoms with van der Waals surface area (Å²) in [5.41, 5.74) is 6.68. The summed E-state index contributed by atoms with van der Waals surface area (Å²) in [6, 6.07) is 8.90. The highest BCUT2D eigenvalue weighted by Gasteiger charge is 2.37. The standard InChI is InChI=1S/C23H27N3O6/c1-3-29-23(28)20-14(2)32-22(25)17(11-24)21(20)16-8-4-5-9-18(16)31-13-19(27)26-12-15-7-6-10-30-15/h4-5,8-9,15,21H,3,6-7,10,12-13,25H2,1-2H3,(H,26,27). The summed E-state index contributed by atoms with van der Waals surface area (Å²) < 4.78 is 21.9. The molecule has 2 aliphatic rings. The van der Waals surface area contributed by atoms with E-state index in [-0.39, 0.29) is 48.0 Å². The number of ether oxygens (including phenoxy) is 4. The highest BCUT2D eigenvalue weighted by atomic mass is 16.5. The zero-order valence-electron chi connectivity index (χ0n) is 18.2. The first kappa shape index (κ1) is 23.2. The van der Waals surface area contributed by atoms with Gasteiger partial charge in [0.05, 0.1) is 24.2 Å². The molecule has 2 atom stereocenters. The fourth-order valence-corrected chi connectivity index (χ4v) is 3.74. The second kappa shape index (κ2) is 10.7. The molecule has 2 unspecified atom stereocenters. The van der Waals surface area contributed by atoms with Crippen molar-refractivity contribution >= 4 is 11.9 Å². The number of hydrogen-bond donors (Lipinski definition) is 2. The Morgan fingerprint density at radius 2 is 2.12 bits per heavy atom. The van der Waals surface area contributed by atoms with E-state index in [4.69, 9.17) is 24.7 Å². The lowest BCUT2D eigenvalue weighted by Gasteiger charge is -2.28. The zero-order chi connectivity index (χ0) is 23.1. The van der Waals surface area contributed by atoms with Crippen LogP contribution in [-0.2, 0) is 23.8 Å². The number of para-hydroxylation sites is 1. The number of rotatable bonds is 8. The lowest BCUT2D eigenvalue weighted by molar-refractivity contribution is -0.139. The third-order valence-electron chi connectivity index (χ3n) is 5.24. The minimum atomic E-state index is -0.848. The molecule has 1 amide bonds. The number of nitrogens with one attached hydrogen (secondary N) is 1. The molecule has 32 heavy (non-hydrogen) atoms. The molecule has 1 aromatic carbocycles. The first-order valence-electron chi connectivity index (χ1n) is 10.5. The van der Waals surface area contributed by atoms with Crippen LogP contribution in [0.15, 0.2) is 47.1 Å². The Balaban J connectivity index is 1.83. The number of benzene rings is 1. The zero-order valence-corrected chi connectivity index (χ0v) is 18.2. The summed E-state index contributed by atoms with van der Waals surface area (Å²) in [6.07, 6.45) is 1.93. The number of carbonyl (C=O) groups is 2. The Hall–Kier alpha value is -3.51. The number of allylic oxidation sites excluding steroid dienone is 2. The minimum Gasteiger partial charge on any atom is -0.483 e. The van der Waals surface area contributed by atoms with Crippen molar-refractivity contribution in [1.82, 2.24) is 5.32 Å². The summed E-state index contributed by atoms with van der Waals surface area (Å²) in [5, 5.41) is 12.5. The van der Waals surface area contributed by atoms with Crippen LogP contribution in [0.2, 0.25) is 0 Å². The second-order valence-corrected chi connectivity index (χ2v) is 7.38. The van der Waals surface area contributed by atoms with Gasteiger partial charge in [0, 0.05) is 18.7 Å². The van der Waals surface area contributed by atoms with Crippen molar-refractivity contribution in [1.29, 1.82) is 5.26 Å². The van der Waals surface area contributed by atoms with E-state index in [0.29, 0.717) is 24.5 Å². The molecule has 2 heterocycles. The van der Waals surface area contributed by atoms with Gasteiger partial charge >= 0.3 is 5.97 Å². The number of esters is 1. The van der Waals surface area contributed by atoms with Crippen LogP contribution in [0.25, 0.3) is 0 Å². The van der Waals surface area contributed by atoms with Crippen LogP contribution in [0.4, 0.5) is 0 Å². The summed E-state index contributed by atoms with van der Waals surface area (Å²) in [6.45, 7) is 4.34. The predicted molar refractivity (Wildman–Crippen MR) is 114 cm³/mol.